The van der Waals surface area contributed by atoms with Gasteiger partial charge >= 0.3 is 0 Å². The number of aromatic nitrogens is 3. The van der Waals surface area contributed by atoms with Crippen LogP contribution in [0.25, 0.3) is 0 Å². The summed E-state index contributed by atoms with van der Waals surface area (Å²) >= 11 is 0. The third-order valence-corrected chi connectivity index (χ3v) is 2.41. The number of carbonyl (C=O) groups excluding carboxylic acids is 1. The van der Waals surface area contributed by atoms with Gasteiger partial charge in [-0.1, -0.05) is 0 Å². The Morgan fingerprint density at radius 3 is 2.75 bits per heavy atom. The smallest absolute Gasteiger partial charge is 0.143 e. The Bertz CT molecular complexity index is 347. The average Bonchev–Trinajstić information content (AvgIpc) is 2.65. The zero-order valence-corrected chi connectivity index (χ0v) is 10.3. The fourth-order valence-electron chi connectivity index (χ4n) is 1.48. The average molecular weight is 225 g/mol. The number of nitrogens with zero attached hydrogens (tertiary/aromatic N) is 3. The van der Waals surface area contributed by atoms with Gasteiger partial charge in [-0.05, 0) is 20.8 Å². The van der Waals surface area contributed by atoms with E-state index in [1.54, 1.807) is 11.8 Å². The molecular weight excluding hydrogens is 206 g/mol. The maximum atomic E-state index is 11.7. The number of ketones is 1. The molecule has 0 aromatic carbocycles. The van der Waals surface area contributed by atoms with Crippen molar-refractivity contribution in [3.8, 4) is 0 Å². The van der Waals surface area contributed by atoms with Gasteiger partial charge < -0.3 is 4.74 Å². The second kappa shape index (κ2) is 5.75. The van der Waals surface area contributed by atoms with Crippen LogP contribution in [0.1, 0.15) is 39.1 Å². The Morgan fingerprint density at radius 2 is 2.19 bits per heavy atom. The zero-order chi connectivity index (χ0) is 12.1. The standard InChI is InChI=1S/C11H19N3O2/c1-8(2)14-11(12-7-13-14)6-10(15)5-9(3)16-4/h7-9H,5-6H2,1-4H3. The maximum absolute atomic E-state index is 11.7. The molecule has 5 heteroatoms. The summed E-state index contributed by atoms with van der Waals surface area (Å²) in [6.45, 7) is 5.91. The largest absolute Gasteiger partial charge is 0.381 e. The fourth-order valence-corrected chi connectivity index (χ4v) is 1.48. The molecule has 1 aromatic rings. The monoisotopic (exact) mass is 225 g/mol. The number of methoxy groups -OCH3 is 1. The highest BCUT2D eigenvalue weighted by Gasteiger charge is 2.14. The van der Waals surface area contributed by atoms with Gasteiger partial charge in [-0.15, -0.1) is 0 Å². The molecule has 0 saturated carbocycles. The van der Waals surface area contributed by atoms with E-state index in [-0.39, 0.29) is 17.9 Å². The molecule has 0 aliphatic rings. The first kappa shape index (κ1) is 12.8. The second-order valence-corrected chi connectivity index (χ2v) is 4.18. The first-order valence-electron chi connectivity index (χ1n) is 5.47. The van der Waals surface area contributed by atoms with Crippen LogP contribution in [0.2, 0.25) is 0 Å². The summed E-state index contributed by atoms with van der Waals surface area (Å²) in [6.07, 6.45) is 2.19. The molecule has 1 atom stereocenters. The molecule has 0 N–H and O–H groups in total. The molecule has 0 saturated heterocycles. The van der Waals surface area contributed by atoms with Crippen LogP contribution in [-0.2, 0) is 16.0 Å². The van der Waals surface area contributed by atoms with Crippen LogP contribution >= 0.6 is 0 Å². The molecule has 0 amide bonds. The van der Waals surface area contributed by atoms with Crippen LogP contribution in [0.4, 0.5) is 0 Å². The van der Waals surface area contributed by atoms with Crippen LogP contribution in [0.5, 0.6) is 0 Å². The lowest BCUT2D eigenvalue weighted by molar-refractivity contribution is -0.120. The van der Waals surface area contributed by atoms with Crippen LogP contribution in [-0.4, -0.2) is 33.8 Å². The summed E-state index contributed by atoms with van der Waals surface area (Å²) in [7, 11) is 1.61. The Kier molecular flexibility index (Phi) is 4.61. The first-order valence-corrected chi connectivity index (χ1v) is 5.47. The molecule has 5 nitrogen and oxygen atoms in total. The van der Waals surface area contributed by atoms with Gasteiger partial charge in [0.05, 0.1) is 12.5 Å². The summed E-state index contributed by atoms with van der Waals surface area (Å²) in [5, 5.41) is 4.09. The number of hydrogen-bond donors (Lipinski definition) is 0. The lowest BCUT2D eigenvalue weighted by atomic mass is 10.1. The quantitative estimate of drug-likeness (QED) is 0.734. The molecule has 1 unspecified atom stereocenters. The van der Waals surface area contributed by atoms with Crippen LogP contribution in [0, 0.1) is 0 Å². The minimum absolute atomic E-state index is 0.0390. The molecule has 0 radical (unpaired) electrons. The first-order chi connectivity index (χ1) is 7.54. The topological polar surface area (TPSA) is 57.0 Å². The summed E-state index contributed by atoms with van der Waals surface area (Å²) in [5.74, 6) is 0.854. The molecule has 0 aliphatic carbocycles. The molecule has 1 rings (SSSR count). The molecule has 16 heavy (non-hydrogen) atoms. The van der Waals surface area contributed by atoms with Crippen LogP contribution < -0.4 is 0 Å². The summed E-state index contributed by atoms with van der Waals surface area (Å²) in [6, 6.07) is 0.227. The van der Waals surface area contributed by atoms with Crippen molar-refractivity contribution in [2.45, 2.75) is 45.8 Å². The van der Waals surface area contributed by atoms with Gasteiger partial charge in [-0.2, -0.15) is 5.10 Å². The molecule has 0 aliphatic heterocycles. The molecule has 0 bridgehead atoms. The van der Waals surface area contributed by atoms with Crippen molar-refractivity contribution in [3.63, 3.8) is 0 Å². The van der Waals surface area contributed by atoms with Gasteiger partial charge in [0.2, 0.25) is 0 Å². The predicted octanol–water partition coefficient (Wildman–Crippen LogP) is 1.40. The number of Topliss-reactive ketones (excluding diaryl/α,β-unsaturated/α-hetero) is 1. The third kappa shape index (κ3) is 3.41. The van der Waals surface area contributed by atoms with Gasteiger partial charge in [0.25, 0.3) is 0 Å². The van der Waals surface area contributed by atoms with E-state index < -0.39 is 0 Å². The van der Waals surface area contributed by atoms with Crippen LogP contribution in [0.15, 0.2) is 6.33 Å². The normalized spacial score (nSPS) is 13.1. The van der Waals surface area contributed by atoms with Gasteiger partial charge in [0.15, 0.2) is 0 Å². The highest BCUT2D eigenvalue weighted by Crippen LogP contribution is 2.08. The Morgan fingerprint density at radius 1 is 1.50 bits per heavy atom. The van der Waals surface area contributed by atoms with Gasteiger partial charge in [0, 0.05) is 19.6 Å². The molecule has 0 spiro atoms. The van der Waals surface area contributed by atoms with E-state index in [0.29, 0.717) is 12.8 Å². The van der Waals surface area contributed by atoms with Crippen molar-refractivity contribution < 1.29 is 9.53 Å². The molecule has 1 heterocycles. The second-order valence-electron chi connectivity index (χ2n) is 4.18. The van der Waals surface area contributed by atoms with Crippen molar-refractivity contribution in [3.05, 3.63) is 12.2 Å². The number of rotatable bonds is 6. The van der Waals surface area contributed by atoms with Crippen molar-refractivity contribution >= 4 is 5.78 Å². The summed E-state index contributed by atoms with van der Waals surface area (Å²) in [5.41, 5.74) is 0. The molecular formula is C11H19N3O2. The van der Waals surface area contributed by atoms with Gasteiger partial charge in [-0.25, -0.2) is 9.67 Å². The fraction of sp³-hybridized carbons (Fsp3) is 0.727. The number of hydrogen-bond acceptors (Lipinski definition) is 4. The van der Waals surface area contributed by atoms with E-state index in [9.17, 15) is 4.79 Å². The van der Waals surface area contributed by atoms with E-state index in [4.69, 9.17) is 4.74 Å². The third-order valence-electron chi connectivity index (χ3n) is 2.41. The highest BCUT2D eigenvalue weighted by molar-refractivity contribution is 5.80. The highest BCUT2D eigenvalue weighted by atomic mass is 16.5. The van der Waals surface area contributed by atoms with Crippen LogP contribution in [0.3, 0.4) is 0 Å². The van der Waals surface area contributed by atoms with E-state index in [0.717, 1.165) is 5.82 Å². The molecule has 1 aromatic heterocycles. The SMILES string of the molecule is COC(C)CC(=O)Cc1ncnn1C(C)C. The lowest BCUT2D eigenvalue weighted by Crippen LogP contribution is -2.17. The Labute approximate surface area is 95.8 Å². The maximum Gasteiger partial charge on any atom is 0.143 e. The van der Waals surface area contributed by atoms with Crippen molar-refractivity contribution in [2.24, 2.45) is 0 Å². The molecule has 90 valence electrons. The van der Waals surface area contributed by atoms with Crippen molar-refractivity contribution in [1.82, 2.24) is 14.8 Å². The van der Waals surface area contributed by atoms with Gasteiger partial charge in [0.1, 0.15) is 17.9 Å². The summed E-state index contributed by atoms with van der Waals surface area (Å²) < 4.78 is 6.83. The minimum atomic E-state index is -0.0390. The van der Waals surface area contributed by atoms with Gasteiger partial charge in [-0.3, -0.25) is 4.79 Å². The van der Waals surface area contributed by atoms with Crippen molar-refractivity contribution in [2.75, 3.05) is 7.11 Å². The van der Waals surface area contributed by atoms with E-state index in [1.807, 2.05) is 20.8 Å². The number of carbonyl (C=O) groups is 1. The Hall–Kier alpha value is -1.23. The van der Waals surface area contributed by atoms with E-state index >= 15 is 0 Å². The Balaban J connectivity index is 2.59. The summed E-state index contributed by atoms with van der Waals surface area (Å²) in [4.78, 5) is 15.8. The zero-order valence-electron chi connectivity index (χ0n) is 10.3. The minimum Gasteiger partial charge on any atom is -0.381 e. The predicted molar refractivity (Wildman–Crippen MR) is 60.2 cm³/mol. The van der Waals surface area contributed by atoms with E-state index in [2.05, 4.69) is 10.1 Å². The van der Waals surface area contributed by atoms with E-state index in [1.165, 1.54) is 6.33 Å². The number of ether oxygens (including phenoxy) is 1. The van der Waals surface area contributed by atoms with Crippen molar-refractivity contribution in [1.29, 1.82) is 0 Å². The lowest BCUT2D eigenvalue weighted by Gasteiger charge is -2.10. The molecule has 0 fully saturated rings.